The van der Waals surface area contributed by atoms with Crippen molar-refractivity contribution < 1.29 is 4.79 Å². The molecule has 0 rings (SSSR count). The van der Waals surface area contributed by atoms with E-state index in [-0.39, 0.29) is 12.5 Å². The molecule has 4 N–H and O–H groups in total. The minimum absolute atomic E-state index is 0.0875. The van der Waals surface area contributed by atoms with Crippen LogP contribution in [0, 0.1) is 5.92 Å². The summed E-state index contributed by atoms with van der Waals surface area (Å²) in [6, 6.07) is 0. The number of hydrogen-bond acceptors (Lipinski definition) is 2. The summed E-state index contributed by atoms with van der Waals surface area (Å²) in [6.45, 7) is 7.88. The zero-order valence-corrected chi connectivity index (χ0v) is 10.5. The van der Waals surface area contributed by atoms with Crippen molar-refractivity contribution in [2.24, 2.45) is 16.6 Å². The zero-order chi connectivity index (χ0) is 12.4. The van der Waals surface area contributed by atoms with Crippen molar-refractivity contribution in [1.29, 1.82) is 0 Å². The van der Waals surface area contributed by atoms with Crippen LogP contribution >= 0.6 is 0 Å². The standard InChI is InChI=1S/C11H24N4O/c1-4-6-13-10(16)8-15-11(12)14-7-5-9(2)3/h9H,4-8H2,1-3H3,(H,13,16)(H3,12,14,15). The lowest BCUT2D eigenvalue weighted by molar-refractivity contribution is -0.119. The van der Waals surface area contributed by atoms with E-state index >= 15 is 0 Å². The van der Waals surface area contributed by atoms with Gasteiger partial charge in [-0.15, -0.1) is 0 Å². The summed E-state index contributed by atoms with van der Waals surface area (Å²) in [5.41, 5.74) is 5.60. The molecule has 0 bridgehead atoms. The molecule has 0 atom stereocenters. The summed E-state index contributed by atoms with van der Waals surface area (Å²) >= 11 is 0. The van der Waals surface area contributed by atoms with E-state index in [2.05, 4.69) is 29.5 Å². The third-order valence-electron chi connectivity index (χ3n) is 1.99. The van der Waals surface area contributed by atoms with Crippen LogP contribution in [0.2, 0.25) is 0 Å². The van der Waals surface area contributed by atoms with E-state index in [1.165, 1.54) is 0 Å². The van der Waals surface area contributed by atoms with Gasteiger partial charge >= 0.3 is 0 Å². The van der Waals surface area contributed by atoms with Gasteiger partial charge in [0.2, 0.25) is 5.91 Å². The number of nitrogens with one attached hydrogen (secondary N) is 2. The number of nitrogens with zero attached hydrogens (tertiary/aromatic N) is 1. The number of carbonyl (C=O) groups is 1. The molecule has 0 aliphatic carbocycles. The van der Waals surface area contributed by atoms with Gasteiger partial charge in [-0.1, -0.05) is 20.8 Å². The van der Waals surface area contributed by atoms with Gasteiger partial charge in [0.15, 0.2) is 5.96 Å². The SMILES string of the molecule is CCCNC(=O)CN=C(N)NCCC(C)C. The number of carbonyl (C=O) groups excluding carboxylic acids is 1. The van der Waals surface area contributed by atoms with Gasteiger partial charge in [0, 0.05) is 13.1 Å². The van der Waals surface area contributed by atoms with E-state index in [0.717, 1.165) is 19.4 Å². The van der Waals surface area contributed by atoms with E-state index in [0.29, 0.717) is 18.4 Å². The fourth-order valence-electron chi connectivity index (χ4n) is 1.02. The normalized spacial score (nSPS) is 11.6. The molecular formula is C11H24N4O. The van der Waals surface area contributed by atoms with Crippen LogP contribution in [0.15, 0.2) is 4.99 Å². The summed E-state index contributed by atoms with van der Waals surface area (Å²) in [5.74, 6) is 0.885. The third-order valence-corrected chi connectivity index (χ3v) is 1.99. The van der Waals surface area contributed by atoms with Crippen LogP contribution in [-0.4, -0.2) is 31.5 Å². The molecular weight excluding hydrogens is 204 g/mol. The van der Waals surface area contributed by atoms with Crippen molar-refractivity contribution in [3.05, 3.63) is 0 Å². The minimum Gasteiger partial charge on any atom is -0.370 e. The fourth-order valence-corrected chi connectivity index (χ4v) is 1.02. The molecule has 0 heterocycles. The van der Waals surface area contributed by atoms with Gasteiger partial charge in [0.05, 0.1) is 0 Å². The van der Waals surface area contributed by atoms with Crippen molar-refractivity contribution >= 4 is 11.9 Å². The number of guanidine groups is 1. The molecule has 94 valence electrons. The molecule has 0 unspecified atom stereocenters. The summed E-state index contributed by atoms with van der Waals surface area (Å²) in [7, 11) is 0. The highest BCUT2D eigenvalue weighted by Gasteiger charge is 1.99. The maximum absolute atomic E-state index is 11.2. The molecule has 0 aromatic carbocycles. The largest absolute Gasteiger partial charge is 0.370 e. The van der Waals surface area contributed by atoms with Crippen molar-refractivity contribution in [1.82, 2.24) is 10.6 Å². The molecule has 0 radical (unpaired) electrons. The van der Waals surface area contributed by atoms with Crippen LogP contribution in [0.1, 0.15) is 33.6 Å². The molecule has 0 saturated heterocycles. The number of aliphatic imine (C=N–C) groups is 1. The monoisotopic (exact) mass is 228 g/mol. The summed E-state index contributed by atoms with van der Waals surface area (Å²) in [6.07, 6.45) is 1.97. The first-order valence-corrected chi connectivity index (χ1v) is 5.86. The molecule has 0 saturated carbocycles. The van der Waals surface area contributed by atoms with Crippen molar-refractivity contribution in [3.8, 4) is 0 Å². The van der Waals surface area contributed by atoms with Gasteiger partial charge < -0.3 is 16.4 Å². The van der Waals surface area contributed by atoms with Crippen LogP contribution in [0.4, 0.5) is 0 Å². The molecule has 0 spiro atoms. The lowest BCUT2D eigenvalue weighted by atomic mass is 10.1. The van der Waals surface area contributed by atoms with Gasteiger partial charge in [-0.05, 0) is 18.8 Å². The van der Waals surface area contributed by atoms with Crippen LogP contribution in [-0.2, 0) is 4.79 Å². The third kappa shape index (κ3) is 9.30. The first kappa shape index (κ1) is 14.7. The Morgan fingerprint density at radius 1 is 1.31 bits per heavy atom. The van der Waals surface area contributed by atoms with E-state index in [1.54, 1.807) is 0 Å². The van der Waals surface area contributed by atoms with Crippen molar-refractivity contribution in [2.75, 3.05) is 19.6 Å². The van der Waals surface area contributed by atoms with Gasteiger partial charge in [0.25, 0.3) is 0 Å². The second-order valence-corrected chi connectivity index (χ2v) is 4.16. The number of hydrogen-bond donors (Lipinski definition) is 3. The Labute approximate surface area is 97.9 Å². The summed E-state index contributed by atoms with van der Waals surface area (Å²) < 4.78 is 0. The Balaban J connectivity index is 3.65. The smallest absolute Gasteiger partial charge is 0.241 e. The minimum atomic E-state index is -0.0875. The molecule has 0 aliphatic rings. The highest BCUT2D eigenvalue weighted by molar-refractivity contribution is 5.83. The summed E-state index contributed by atoms with van der Waals surface area (Å²) in [4.78, 5) is 15.1. The Bertz CT molecular complexity index is 226. The highest BCUT2D eigenvalue weighted by atomic mass is 16.1. The Kier molecular flexibility index (Phi) is 8.29. The second kappa shape index (κ2) is 9.00. The van der Waals surface area contributed by atoms with Crippen molar-refractivity contribution in [2.45, 2.75) is 33.6 Å². The van der Waals surface area contributed by atoms with E-state index in [4.69, 9.17) is 5.73 Å². The summed E-state index contributed by atoms with van der Waals surface area (Å²) in [5, 5.41) is 5.71. The molecule has 0 aromatic heterocycles. The quantitative estimate of drug-likeness (QED) is 0.437. The first-order chi connectivity index (χ1) is 7.56. The van der Waals surface area contributed by atoms with E-state index in [1.807, 2.05) is 6.92 Å². The molecule has 1 amide bonds. The van der Waals surface area contributed by atoms with Gasteiger partial charge in [-0.2, -0.15) is 0 Å². The van der Waals surface area contributed by atoms with Gasteiger partial charge in [-0.25, -0.2) is 4.99 Å². The molecule has 0 aliphatic heterocycles. The lowest BCUT2D eigenvalue weighted by Crippen LogP contribution is -2.35. The Morgan fingerprint density at radius 3 is 2.56 bits per heavy atom. The molecule has 5 heteroatoms. The number of rotatable bonds is 7. The Hall–Kier alpha value is -1.26. The predicted octanol–water partition coefficient (Wildman–Crippen LogP) is 0.463. The molecule has 5 nitrogen and oxygen atoms in total. The zero-order valence-electron chi connectivity index (χ0n) is 10.5. The van der Waals surface area contributed by atoms with Crippen LogP contribution in [0.5, 0.6) is 0 Å². The maximum Gasteiger partial charge on any atom is 0.241 e. The number of nitrogens with two attached hydrogens (primary N) is 1. The molecule has 0 aromatic rings. The van der Waals surface area contributed by atoms with Gasteiger partial charge in [-0.3, -0.25) is 4.79 Å². The fraction of sp³-hybridized carbons (Fsp3) is 0.818. The average Bonchev–Trinajstić information content (AvgIpc) is 2.23. The highest BCUT2D eigenvalue weighted by Crippen LogP contribution is 1.95. The van der Waals surface area contributed by atoms with Crippen LogP contribution < -0.4 is 16.4 Å². The average molecular weight is 228 g/mol. The van der Waals surface area contributed by atoms with Crippen LogP contribution in [0.3, 0.4) is 0 Å². The first-order valence-electron chi connectivity index (χ1n) is 5.86. The second-order valence-electron chi connectivity index (χ2n) is 4.16. The predicted molar refractivity (Wildman–Crippen MR) is 67.2 cm³/mol. The van der Waals surface area contributed by atoms with Crippen molar-refractivity contribution in [3.63, 3.8) is 0 Å². The Morgan fingerprint density at radius 2 is 2.00 bits per heavy atom. The van der Waals surface area contributed by atoms with E-state index < -0.39 is 0 Å². The molecule has 0 fully saturated rings. The maximum atomic E-state index is 11.2. The van der Waals surface area contributed by atoms with E-state index in [9.17, 15) is 4.79 Å². The number of amides is 1. The lowest BCUT2D eigenvalue weighted by Gasteiger charge is -2.07. The molecule has 16 heavy (non-hydrogen) atoms. The van der Waals surface area contributed by atoms with Gasteiger partial charge in [0.1, 0.15) is 6.54 Å². The van der Waals surface area contributed by atoms with Crippen LogP contribution in [0.25, 0.3) is 0 Å². The topological polar surface area (TPSA) is 79.5 Å².